The average Bonchev–Trinajstić information content (AvgIpc) is 2.83. The fraction of sp³-hybridized carbons (Fsp3) is 0.333. The van der Waals surface area contributed by atoms with Crippen LogP contribution in [0.3, 0.4) is 0 Å². The minimum atomic E-state index is -5.33. The highest BCUT2D eigenvalue weighted by Crippen LogP contribution is 2.37. The van der Waals surface area contributed by atoms with Gasteiger partial charge < -0.3 is 5.32 Å². The second kappa shape index (κ2) is 12.0. The van der Waals surface area contributed by atoms with E-state index in [0.29, 0.717) is 12.1 Å². The highest BCUT2D eigenvalue weighted by Gasteiger charge is 2.38. The first kappa shape index (κ1) is 32.2. The molecule has 216 valence electrons. The summed E-state index contributed by atoms with van der Waals surface area (Å²) in [5, 5.41) is 2.18. The van der Waals surface area contributed by atoms with Crippen molar-refractivity contribution in [3.05, 3.63) is 64.7 Å². The molecule has 0 fully saturated rings. The lowest BCUT2D eigenvalue weighted by Crippen LogP contribution is -2.52. The molecule has 0 aliphatic heterocycles. The number of carbonyl (C=O) groups excluding carboxylic acids is 2. The third-order valence-corrected chi connectivity index (χ3v) is 6.76. The van der Waals surface area contributed by atoms with Crippen molar-refractivity contribution in [3.63, 3.8) is 0 Å². The number of carbonyl (C=O) groups is 2. The third kappa shape index (κ3) is 9.03. The van der Waals surface area contributed by atoms with E-state index in [1.165, 1.54) is 16.6 Å². The minimum Gasteiger partial charge on any atom is -0.340 e. The van der Waals surface area contributed by atoms with Crippen LogP contribution in [0.1, 0.15) is 33.5 Å². The Morgan fingerprint density at radius 2 is 1.31 bits per heavy atom. The number of rotatable bonds is 9. The normalized spacial score (nSPS) is 13.6. The quantitative estimate of drug-likeness (QED) is 0.284. The summed E-state index contributed by atoms with van der Waals surface area (Å²) in [6, 6.07) is 0.971. The van der Waals surface area contributed by atoms with E-state index in [2.05, 4.69) is 5.32 Å². The summed E-state index contributed by atoms with van der Waals surface area (Å²) in [5.74, 6) is -2.06. The van der Waals surface area contributed by atoms with Crippen LogP contribution >= 0.6 is 11.8 Å². The molecule has 0 saturated carbocycles. The number of hydrogen-bond acceptors (Lipinski definition) is 5. The molecule has 0 radical (unpaired) electrons. The molecule has 0 unspecified atom stereocenters. The van der Waals surface area contributed by atoms with Crippen molar-refractivity contribution in [1.82, 2.24) is 15.6 Å². The summed E-state index contributed by atoms with van der Waals surface area (Å²) in [6.45, 7) is 0. The third-order valence-electron chi connectivity index (χ3n) is 4.89. The van der Waals surface area contributed by atoms with Crippen LogP contribution in [-0.4, -0.2) is 38.3 Å². The van der Waals surface area contributed by atoms with E-state index in [-0.39, 0.29) is 35.9 Å². The van der Waals surface area contributed by atoms with Crippen molar-refractivity contribution in [2.45, 2.75) is 35.9 Å². The average molecular weight is 612 g/mol. The maximum atomic E-state index is 13.1. The van der Waals surface area contributed by atoms with Crippen molar-refractivity contribution < 1.29 is 57.5 Å². The molecule has 39 heavy (non-hydrogen) atoms. The number of nitrogens with one attached hydrogen (secondary N) is 3. The zero-order valence-electron chi connectivity index (χ0n) is 19.4. The number of alkyl halides is 9. The summed E-state index contributed by atoms with van der Waals surface area (Å²) in [6.07, 6.45) is -13.9. The lowest BCUT2D eigenvalue weighted by molar-refractivity contribution is -0.143. The summed E-state index contributed by atoms with van der Waals surface area (Å²) in [4.78, 5) is 24.9. The smallest absolute Gasteiger partial charge is 0.340 e. The van der Waals surface area contributed by atoms with Crippen molar-refractivity contribution in [2.75, 3.05) is 12.0 Å². The number of sulfonamides is 1. The van der Waals surface area contributed by atoms with Gasteiger partial charge in [0.05, 0.1) is 21.6 Å². The predicted molar refractivity (Wildman–Crippen MR) is 121 cm³/mol. The first-order valence-corrected chi connectivity index (χ1v) is 13.2. The Morgan fingerprint density at radius 1 is 0.821 bits per heavy atom. The van der Waals surface area contributed by atoms with Gasteiger partial charge in [0.15, 0.2) is 0 Å². The van der Waals surface area contributed by atoms with Crippen LogP contribution in [0.25, 0.3) is 0 Å². The SMILES string of the molecule is CSCC[C@H](NC(=O)c1ccc(C(F)(F)F)cc1)C(=O)NNS(=O)(=O)c1cc(C(F)(F)F)cc(C(F)(F)F)c1. The predicted octanol–water partition coefficient (Wildman–Crippen LogP) is 4.60. The van der Waals surface area contributed by atoms with Crippen molar-refractivity contribution in [1.29, 1.82) is 0 Å². The molecule has 3 N–H and O–H groups in total. The molecule has 0 spiro atoms. The zero-order chi connectivity index (χ0) is 29.8. The van der Waals surface area contributed by atoms with Gasteiger partial charge in [-0.15, -0.1) is 4.83 Å². The van der Waals surface area contributed by atoms with Gasteiger partial charge >= 0.3 is 18.5 Å². The van der Waals surface area contributed by atoms with E-state index in [1.54, 1.807) is 11.7 Å². The number of amides is 2. The van der Waals surface area contributed by atoms with Crippen LogP contribution < -0.4 is 15.6 Å². The largest absolute Gasteiger partial charge is 0.416 e. The summed E-state index contributed by atoms with van der Waals surface area (Å²) in [5.41, 5.74) is -3.53. The zero-order valence-corrected chi connectivity index (χ0v) is 21.0. The molecule has 7 nitrogen and oxygen atoms in total. The Bertz CT molecular complexity index is 1260. The number of hydrazine groups is 1. The Labute approximate surface area is 219 Å². The highest BCUT2D eigenvalue weighted by molar-refractivity contribution is 7.98. The van der Waals surface area contributed by atoms with Crippen molar-refractivity contribution >= 4 is 33.6 Å². The minimum absolute atomic E-state index is 0.0681. The van der Waals surface area contributed by atoms with E-state index >= 15 is 0 Å². The number of benzene rings is 2. The van der Waals surface area contributed by atoms with E-state index in [1.807, 2.05) is 0 Å². The number of hydrogen-bond donors (Lipinski definition) is 3. The van der Waals surface area contributed by atoms with Crippen LogP contribution in [0.5, 0.6) is 0 Å². The second-order valence-electron chi connectivity index (χ2n) is 7.72. The Hall–Kier alpha value is -2.99. The van der Waals surface area contributed by atoms with Crippen LogP contribution in [0.2, 0.25) is 0 Å². The molecule has 0 bridgehead atoms. The summed E-state index contributed by atoms with van der Waals surface area (Å²) >= 11 is 1.20. The Morgan fingerprint density at radius 3 is 1.74 bits per heavy atom. The van der Waals surface area contributed by atoms with Crippen LogP contribution in [0.4, 0.5) is 39.5 Å². The van der Waals surface area contributed by atoms with Gasteiger partial charge in [0.1, 0.15) is 6.04 Å². The maximum Gasteiger partial charge on any atom is 0.416 e. The molecule has 2 aromatic carbocycles. The van der Waals surface area contributed by atoms with Crippen LogP contribution in [-0.2, 0) is 33.3 Å². The molecular formula is C21H18F9N3O4S2. The van der Waals surface area contributed by atoms with Gasteiger partial charge in [-0.1, -0.05) is 0 Å². The first-order chi connectivity index (χ1) is 17.8. The maximum absolute atomic E-state index is 13.1. The second-order valence-corrected chi connectivity index (χ2v) is 10.4. The van der Waals surface area contributed by atoms with Gasteiger partial charge in [-0.25, -0.2) is 8.42 Å². The lowest BCUT2D eigenvalue weighted by atomic mass is 10.1. The van der Waals surface area contributed by atoms with Crippen LogP contribution in [0.15, 0.2) is 47.4 Å². The molecule has 0 aliphatic rings. The van der Waals surface area contributed by atoms with Gasteiger partial charge in [-0.3, -0.25) is 15.0 Å². The molecule has 0 aromatic heterocycles. The van der Waals surface area contributed by atoms with E-state index in [9.17, 15) is 57.5 Å². The van der Waals surface area contributed by atoms with Gasteiger partial charge in [-0.05, 0) is 60.9 Å². The first-order valence-electron chi connectivity index (χ1n) is 10.3. The molecule has 2 amide bonds. The van der Waals surface area contributed by atoms with Crippen molar-refractivity contribution in [2.24, 2.45) is 0 Å². The van der Waals surface area contributed by atoms with Gasteiger partial charge in [0, 0.05) is 5.56 Å². The molecule has 2 rings (SSSR count). The molecule has 0 heterocycles. The molecule has 0 saturated heterocycles. The van der Waals surface area contributed by atoms with Crippen molar-refractivity contribution in [3.8, 4) is 0 Å². The topological polar surface area (TPSA) is 104 Å². The summed E-state index contributed by atoms with van der Waals surface area (Å²) in [7, 11) is -5.18. The lowest BCUT2D eigenvalue weighted by Gasteiger charge is -2.19. The van der Waals surface area contributed by atoms with E-state index < -0.39 is 68.0 Å². The van der Waals surface area contributed by atoms with Gasteiger partial charge in [0.25, 0.3) is 21.8 Å². The molecule has 0 aliphatic carbocycles. The Kier molecular flexibility index (Phi) is 9.94. The molecule has 18 heteroatoms. The molecule has 2 aromatic rings. The van der Waals surface area contributed by atoms with E-state index in [4.69, 9.17) is 0 Å². The Balaban J connectivity index is 2.24. The highest BCUT2D eigenvalue weighted by atomic mass is 32.2. The molecular weight excluding hydrogens is 593 g/mol. The fourth-order valence-corrected chi connectivity index (χ4v) is 4.29. The number of thioether (sulfide) groups is 1. The standard InChI is InChI=1S/C21H18F9N3O4S2/c1-38-7-6-16(31-17(34)11-2-4-12(5-3-11)19(22,23)24)18(35)32-33-39(36,37)15-9-13(20(25,26)27)8-14(10-15)21(28,29)30/h2-5,8-10,16,33H,6-7H2,1H3,(H,31,34)(H,32,35)/t16-/m0/s1. The summed E-state index contributed by atoms with van der Waals surface area (Å²) < 4.78 is 141. The van der Waals surface area contributed by atoms with Gasteiger partial charge in [-0.2, -0.15) is 51.3 Å². The fourth-order valence-electron chi connectivity index (χ4n) is 2.90. The number of halogens is 9. The van der Waals surface area contributed by atoms with Gasteiger partial charge in [0.2, 0.25) is 0 Å². The van der Waals surface area contributed by atoms with E-state index in [0.717, 1.165) is 12.1 Å². The monoisotopic (exact) mass is 611 g/mol. The molecule has 1 atom stereocenters. The van der Waals surface area contributed by atoms with Crippen LogP contribution in [0, 0.1) is 0 Å².